The molecule has 0 radical (unpaired) electrons. The smallest absolute Gasteiger partial charge is 0.124 e. The lowest BCUT2D eigenvalue weighted by atomic mass is 10.1. The predicted octanol–water partition coefficient (Wildman–Crippen LogP) is 4.02. The molecule has 0 bridgehead atoms. The molecule has 0 aromatic heterocycles. The number of hydrogen-bond donors (Lipinski definition) is 1. The number of benzene rings is 2. The van der Waals surface area contributed by atoms with Gasteiger partial charge in [-0.1, -0.05) is 46.3 Å². The van der Waals surface area contributed by atoms with E-state index in [9.17, 15) is 4.39 Å². The number of ether oxygens (including phenoxy) is 1. The van der Waals surface area contributed by atoms with Gasteiger partial charge in [0, 0.05) is 24.7 Å². The Morgan fingerprint density at radius 1 is 1.05 bits per heavy atom. The molecular formula is C16H17BrFNO. The van der Waals surface area contributed by atoms with Gasteiger partial charge in [0.05, 0.1) is 6.61 Å². The molecule has 1 N–H and O–H groups in total. The Kier molecular flexibility index (Phi) is 5.71. The first-order chi connectivity index (χ1) is 9.70. The molecule has 0 spiro atoms. The monoisotopic (exact) mass is 337 g/mol. The SMILES string of the molecule is COCc1ccccc1CNCc1ccc(F)cc1Br. The van der Waals surface area contributed by atoms with E-state index in [0.29, 0.717) is 13.2 Å². The Morgan fingerprint density at radius 2 is 1.75 bits per heavy atom. The maximum Gasteiger partial charge on any atom is 0.124 e. The molecule has 0 amide bonds. The quantitative estimate of drug-likeness (QED) is 0.859. The van der Waals surface area contributed by atoms with Crippen LogP contribution in [0.25, 0.3) is 0 Å². The molecule has 0 unspecified atom stereocenters. The van der Waals surface area contributed by atoms with E-state index in [1.54, 1.807) is 13.2 Å². The topological polar surface area (TPSA) is 21.3 Å². The summed E-state index contributed by atoms with van der Waals surface area (Å²) >= 11 is 3.37. The average molecular weight is 338 g/mol. The van der Waals surface area contributed by atoms with E-state index in [0.717, 1.165) is 16.6 Å². The van der Waals surface area contributed by atoms with Crippen LogP contribution in [0.1, 0.15) is 16.7 Å². The van der Waals surface area contributed by atoms with Gasteiger partial charge in [0.2, 0.25) is 0 Å². The van der Waals surface area contributed by atoms with Crippen LogP contribution in [0.4, 0.5) is 4.39 Å². The van der Waals surface area contributed by atoms with Crippen molar-refractivity contribution in [3.8, 4) is 0 Å². The van der Waals surface area contributed by atoms with Gasteiger partial charge in [-0.15, -0.1) is 0 Å². The molecule has 2 aromatic carbocycles. The first-order valence-corrected chi connectivity index (χ1v) is 7.20. The number of methoxy groups -OCH3 is 1. The van der Waals surface area contributed by atoms with Crippen LogP contribution >= 0.6 is 15.9 Å². The molecule has 2 rings (SSSR count). The highest BCUT2D eigenvalue weighted by atomic mass is 79.9. The third kappa shape index (κ3) is 4.13. The van der Waals surface area contributed by atoms with E-state index in [-0.39, 0.29) is 5.82 Å². The normalized spacial score (nSPS) is 10.8. The van der Waals surface area contributed by atoms with Gasteiger partial charge in [-0.2, -0.15) is 0 Å². The molecule has 0 atom stereocenters. The maximum absolute atomic E-state index is 13.0. The van der Waals surface area contributed by atoms with Crippen molar-refractivity contribution in [3.05, 3.63) is 69.4 Å². The van der Waals surface area contributed by atoms with Gasteiger partial charge in [-0.3, -0.25) is 0 Å². The molecule has 0 aliphatic carbocycles. The Bertz CT molecular complexity index is 574. The summed E-state index contributed by atoms with van der Waals surface area (Å²) in [7, 11) is 1.69. The minimum absolute atomic E-state index is 0.230. The van der Waals surface area contributed by atoms with Crippen LogP contribution < -0.4 is 5.32 Å². The lowest BCUT2D eigenvalue weighted by Gasteiger charge is -2.11. The van der Waals surface area contributed by atoms with Gasteiger partial charge >= 0.3 is 0 Å². The molecule has 2 aromatic rings. The van der Waals surface area contributed by atoms with Crippen LogP contribution in [0.3, 0.4) is 0 Å². The first-order valence-electron chi connectivity index (χ1n) is 6.41. The Morgan fingerprint density at radius 3 is 2.45 bits per heavy atom. The fraction of sp³-hybridized carbons (Fsp3) is 0.250. The molecule has 0 heterocycles. The average Bonchev–Trinajstić information content (AvgIpc) is 2.43. The van der Waals surface area contributed by atoms with Crippen LogP contribution in [-0.2, 0) is 24.4 Å². The zero-order chi connectivity index (χ0) is 14.4. The van der Waals surface area contributed by atoms with Crippen molar-refractivity contribution >= 4 is 15.9 Å². The highest BCUT2D eigenvalue weighted by molar-refractivity contribution is 9.10. The minimum atomic E-state index is -0.230. The van der Waals surface area contributed by atoms with Crippen molar-refractivity contribution in [2.75, 3.05) is 7.11 Å². The third-order valence-corrected chi connectivity index (χ3v) is 3.80. The first kappa shape index (κ1) is 15.2. The fourth-order valence-corrected chi connectivity index (χ4v) is 2.51. The molecule has 0 saturated carbocycles. The van der Waals surface area contributed by atoms with Crippen LogP contribution in [0.15, 0.2) is 46.9 Å². The van der Waals surface area contributed by atoms with Crippen LogP contribution in [-0.4, -0.2) is 7.11 Å². The number of rotatable bonds is 6. The van der Waals surface area contributed by atoms with Gasteiger partial charge in [-0.05, 0) is 28.8 Å². The van der Waals surface area contributed by atoms with Gasteiger partial charge in [-0.25, -0.2) is 4.39 Å². The van der Waals surface area contributed by atoms with Gasteiger partial charge in [0.15, 0.2) is 0 Å². The van der Waals surface area contributed by atoms with Crippen molar-refractivity contribution < 1.29 is 9.13 Å². The van der Waals surface area contributed by atoms with E-state index >= 15 is 0 Å². The van der Waals surface area contributed by atoms with E-state index in [2.05, 4.69) is 33.4 Å². The predicted molar refractivity (Wildman–Crippen MR) is 81.8 cm³/mol. The van der Waals surface area contributed by atoms with Crippen LogP contribution in [0.5, 0.6) is 0 Å². The number of hydrogen-bond acceptors (Lipinski definition) is 2. The summed E-state index contributed by atoms with van der Waals surface area (Å²) in [6, 6.07) is 12.9. The largest absolute Gasteiger partial charge is 0.380 e. The number of halogens is 2. The molecular weight excluding hydrogens is 321 g/mol. The lowest BCUT2D eigenvalue weighted by Crippen LogP contribution is -2.14. The van der Waals surface area contributed by atoms with E-state index < -0.39 is 0 Å². The van der Waals surface area contributed by atoms with Crippen molar-refractivity contribution in [1.82, 2.24) is 5.32 Å². The molecule has 0 aliphatic rings. The van der Waals surface area contributed by atoms with E-state index in [1.165, 1.54) is 23.3 Å². The molecule has 0 aliphatic heterocycles. The second-order valence-electron chi connectivity index (χ2n) is 4.54. The molecule has 4 heteroatoms. The van der Waals surface area contributed by atoms with Gasteiger partial charge < -0.3 is 10.1 Å². The van der Waals surface area contributed by atoms with E-state index in [1.807, 2.05) is 12.1 Å². The summed E-state index contributed by atoms with van der Waals surface area (Å²) < 4.78 is 19.0. The molecule has 20 heavy (non-hydrogen) atoms. The maximum atomic E-state index is 13.0. The van der Waals surface area contributed by atoms with Gasteiger partial charge in [0.25, 0.3) is 0 Å². The molecule has 2 nitrogen and oxygen atoms in total. The summed E-state index contributed by atoms with van der Waals surface area (Å²) in [5, 5.41) is 3.37. The van der Waals surface area contributed by atoms with E-state index in [4.69, 9.17) is 4.74 Å². The molecule has 0 saturated heterocycles. The summed E-state index contributed by atoms with van der Waals surface area (Å²) in [6.45, 7) is 2.05. The zero-order valence-electron chi connectivity index (χ0n) is 11.3. The Labute approximate surface area is 127 Å². The van der Waals surface area contributed by atoms with Gasteiger partial charge in [0.1, 0.15) is 5.82 Å². The lowest BCUT2D eigenvalue weighted by molar-refractivity contribution is 0.184. The third-order valence-electron chi connectivity index (χ3n) is 3.06. The van der Waals surface area contributed by atoms with Crippen molar-refractivity contribution in [1.29, 1.82) is 0 Å². The second-order valence-corrected chi connectivity index (χ2v) is 5.40. The van der Waals surface area contributed by atoms with Crippen molar-refractivity contribution in [3.63, 3.8) is 0 Å². The highest BCUT2D eigenvalue weighted by Crippen LogP contribution is 2.18. The standard InChI is InChI=1S/C16H17BrFNO/c1-20-11-14-5-3-2-4-12(14)9-19-10-13-6-7-15(18)8-16(13)17/h2-8,19H,9-11H2,1H3. The molecule has 0 fully saturated rings. The van der Waals surface area contributed by atoms with Crippen molar-refractivity contribution in [2.24, 2.45) is 0 Å². The summed E-state index contributed by atoms with van der Waals surface area (Å²) in [5.74, 6) is -0.230. The Hall–Kier alpha value is -1.23. The zero-order valence-corrected chi connectivity index (χ0v) is 12.9. The fourth-order valence-electron chi connectivity index (χ4n) is 2.02. The molecule has 106 valence electrons. The van der Waals surface area contributed by atoms with Crippen LogP contribution in [0, 0.1) is 5.82 Å². The summed E-state index contributed by atoms with van der Waals surface area (Å²) in [5.41, 5.74) is 3.43. The Balaban J connectivity index is 1.96. The summed E-state index contributed by atoms with van der Waals surface area (Å²) in [4.78, 5) is 0. The summed E-state index contributed by atoms with van der Waals surface area (Å²) in [6.07, 6.45) is 0. The minimum Gasteiger partial charge on any atom is -0.380 e. The highest BCUT2D eigenvalue weighted by Gasteiger charge is 2.03. The number of nitrogens with one attached hydrogen (secondary N) is 1. The van der Waals surface area contributed by atoms with Crippen molar-refractivity contribution in [2.45, 2.75) is 19.7 Å². The second kappa shape index (κ2) is 7.53. The van der Waals surface area contributed by atoms with Crippen LogP contribution in [0.2, 0.25) is 0 Å².